The second-order valence-electron chi connectivity index (χ2n) is 6.84. The van der Waals surface area contributed by atoms with Gasteiger partial charge in [-0.1, -0.05) is 32.9 Å². The molecule has 1 N–H and O–H groups in total. The molecule has 0 aliphatic heterocycles. The fourth-order valence-electron chi connectivity index (χ4n) is 1.84. The molecule has 1 unspecified atom stereocenters. The molecular formula is C16H23ClFNO. The van der Waals surface area contributed by atoms with Crippen LogP contribution in [0.5, 0.6) is 0 Å². The average molecular weight is 300 g/mol. The molecule has 0 spiro atoms. The first-order valence-electron chi connectivity index (χ1n) is 6.70. The maximum absolute atomic E-state index is 13.0. The Bertz CT molecular complexity index is 462. The molecule has 0 aliphatic carbocycles. The van der Waals surface area contributed by atoms with E-state index in [1.165, 1.54) is 12.1 Å². The summed E-state index contributed by atoms with van der Waals surface area (Å²) in [4.78, 5) is 12.3. The van der Waals surface area contributed by atoms with Crippen molar-refractivity contribution >= 4 is 17.5 Å². The molecule has 0 aliphatic rings. The molecule has 0 fully saturated rings. The maximum atomic E-state index is 13.0. The van der Waals surface area contributed by atoms with Crippen LogP contribution in [0, 0.1) is 16.6 Å². The quantitative estimate of drug-likeness (QED) is 0.825. The number of rotatable bonds is 4. The van der Waals surface area contributed by atoms with Gasteiger partial charge in [0.05, 0.1) is 11.5 Å². The average Bonchev–Trinajstić information content (AvgIpc) is 2.35. The summed E-state index contributed by atoms with van der Waals surface area (Å²) in [6.45, 7) is 9.72. The topological polar surface area (TPSA) is 29.1 Å². The lowest BCUT2D eigenvalue weighted by molar-refractivity contribution is -0.129. The summed E-state index contributed by atoms with van der Waals surface area (Å²) in [5.41, 5.74) is 0.0682. The molecule has 112 valence electrons. The van der Waals surface area contributed by atoms with Crippen LogP contribution in [0.3, 0.4) is 0 Å². The molecule has 0 bridgehead atoms. The summed E-state index contributed by atoms with van der Waals surface area (Å²) < 4.78 is 13.0. The summed E-state index contributed by atoms with van der Waals surface area (Å²) >= 11 is 5.84. The van der Waals surface area contributed by atoms with Crippen LogP contribution >= 0.6 is 11.6 Å². The SMILES string of the molecule is CC(C)(CCl)C(=O)NC(c1ccc(F)cc1)C(C)(C)C. The minimum atomic E-state index is -0.634. The Labute approximate surface area is 125 Å². The van der Waals surface area contributed by atoms with Gasteiger partial charge in [0.25, 0.3) is 0 Å². The first-order chi connectivity index (χ1) is 9.08. The summed E-state index contributed by atoms with van der Waals surface area (Å²) in [5.74, 6) is -0.135. The third kappa shape index (κ3) is 4.20. The molecule has 1 atom stereocenters. The molecule has 4 heteroatoms. The fourth-order valence-corrected chi connectivity index (χ4v) is 1.96. The number of carbonyl (C=O) groups excluding carboxylic acids is 1. The Morgan fingerprint density at radius 1 is 1.20 bits per heavy atom. The number of alkyl halides is 1. The molecule has 0 saturated carbocycles. The monoisotopic (exact) mass is 299 g/mol. The van der Waals surface area contributed by atoms with E-state index in [-0.39, 0.29) is 29.1 Å². The van der Waals surface area contributed by atoms with Crippen molar-refractivity contribution in [2.24, 2.45) is 10.8 Å². The van der Waals surface area contributed by atoms with Crippen LogP contribution in [0.2, 0.25) is 0 Å². The molecule has 1 rings (SSSR count). The van der Waals surface area contributed by atoms with E-state index in [0.717, 1.165) is 5.56 Å². The van der Waals surface area contributed by atoms with E-state index in [1.807, 2.05) is 20.8 Å². The van der Waals surface area contributed by atoms with E-state index in [1.54, 1.807) is 26.0 Å². The van der Waals surface area contributed by atoms with Gasteiger partial charge < -0.3 is 5.32 Å². The zero-order valence-electron chi connectivity index (χ0n) is 12.8. The third-order valence-electron chi connectivity index (χ3n) is 3.29. The van der Waals surface area contributed by atoms with Gasteiger partial charge in [0.1, 0.15) is 5.82 Å². The zero-order chi connectivity index (χ0) is 15.6. The van der Waals surface area contributed by atoms with Gasteiger partial charge >= 0.3 is 0 Å². The molecular weight excluding hydrogens is 277 g/mol. The number of hydrogen-bond acceptors (Lipinski definition) is 1. The number of carbonyl (C=O) groups is 1. The van der Waals surface area contributed by atoms with E-state index >= 15 is 0 Å². The molecule has 20 heavy (non-hydrogen) atoms. The van der Waals surface area contributed by atoms with Crippen molar-refractivity contribution in [3.8, 4) is 0 Å². The third-order valence-corrected chi connectivity index (χ3v) is 3.96. The molecule has 1 aromatic rings. The Kier molecular flexibility index (Phi) is 5.20. The lowest BCUT2D eigenvalue weighted by Gasteiger charge is -2.34. The largest absolute Gasteiger partial charge is 0.348 e. The summed E-state index contributed by atoms with van der Waals surface area (Å²) in [5, 5.41) is 3.04. The van der Waals surface area contributed by atoms with Crippen molar-refractivity contribution in [3.05, 3.63) is 35.6 Å². The lowest BCUT2D eigenvalue weighted by Crippen LogP contribution is -2.44. The number of amides is 1. The number of halogens is 2. The van der Waals surface area contributed by atoms with E-state index < -0.39 is 5.41 Å². The van der Waals surface area contributed by atoms with Crippen LogP contribution in [0.4, 0.5) is 4.39 Å². The van der Waals surface area contributed by atoms with Crippen molar-refractivity contribution in [3.63, 3.8) is 0 Å². The second-order valence-corrected chi connectivity index (χ2v) is 7.11. The van der Waals surface area contributed by atoms with Crippen molar-refractivity contribution in [1.82, 2.24) is 5.32 Å². The van der Waals surface area contributed by atoms with Crippen LogP contribution in [-0.2, 0) is 4.79 Å². The van der Waals surface area contributed by atoms with Gasteiger partial charge in [-0.3, -0.25) is 4.79 Å². The minimum absolute atomic E-state index is 0.100. The Balaban J connectivity index is 3.04. The van der Waals surface area contributed by atoms with Crippen molar-refractivity contribution in [2.75, 3.05) is 5.88 Å². The highest BCUT2D eigenvalue weighted by molar-refractivity contribution is 6.19. The standard InChI is InChI=1S/C16H23ClFNO/c1-15(2,3)13(11-6-8-12(18)9-7-11)19-14(20)16(4,5)10-17/h6-9,13H,10H2,1-5H3,(H,19,20). The minimum Gasteiger partial charge on any atom is -0.348 e. The first-order valence-corrected chi connectivity index (χ1v) is 7.24. The van der Waals surface area contributed by atoms with E-state index in [0.29, 0.717) is 0 Å². The van der Waals surface area contributed by atoms with Crippen LogP contribution in [-0.4, -0.2) is 11.8 Å². The molecule has 1 amide bonds. The molecule has 0 radical (unpaired) electrons. The van der Waals surface area contributed by atoms with E-state index in [2.05, 4.69) is 5.32 Å². The van der Waals surface area contributed by atoms with Crippen LogP contribution in [0.1, 0.15) is 46.2 Å². The van der Waals surface area contributed by atoms with E-state index in [4.69, 9.17) is 11.6 Å². The first kappa shape index (κ1) is 17.0. The van der Waals surface area contributed by atoms with Crippen molar-refractivity contribution in [2.45, 2.75) is 40.7 Å². The number of benzene rings is 1. The van der Waals surface area contributed by atoms with Crippen molar-refractivity contribution in [1.29, 1.82) is 0 Å². The van der Waals surface area contributed by atoms with Crippen molar-refractivity contribution < 1.29 is 9.18 Å². The number of nitrogens with one attached hydrogen (secondary N) is 1. The lowest BCUT2D eigenvalue weighted by atomic mass is 9.81. The summed E-state index contributed by atoms with van der Waals surface area (Å²) in [6, 6.07) is 6.04. The van der Waals surface area contributed by atoms with Gasteiger partial charge in [0.15, 0.2) is 0 Å². The Morgan fingerprint density at radius 3 is 2.10 bits per heavy atom. The van der Waals surface area contributed by atoms with Gasteiger partial charge in [0.2, 0.25) is 5.91 Å². The molecule has 0 heterocycles. The van der Waals surface area contributed by atoms with Gasteiger partial charge in [-0.2, -0.15) is 0 Å². The predicted molar refractivity (Wildman–Crippen MR) is 81.2 cm³/mol. The predicted octanol–water partition coefficient (Wildman–Crippen LogP) is 4.29. The van der Waals surface area contributed by atoms with Crippen LogP contribution < -0.4 is 5.32 Å². The Morgan fingerprint density at radius 2 is 1.70 bits per heavy atom. The van der Waals surface area contributed by atoms with Gasteiger partial charge in [-0.05, 0) is 37.0 Å². The fraction of sp³-hybridized carbons (Fsp3) is 0.562. The molecule has 0 aromatic heterocycles. The molecule has 0 saturated heterocycles. The van der Waals surface area contributed by atoms with Gasteiger partial charge in [0, 0.05) is 5.88 Å². The summed E-state index contributed by atoms with van der Waals surface area (Å²) in [7, 11) is 0. The highest BCUT2D eigenvalue weighted by Gasteiger charge is 2.33. The normalized spacial score (nSPS) is 13.9. The zero-order valence-corrected chi connectivity index (χ0v) is 13.5. The second kappa shape index (κ2) is 6.13. The maximum Gasteiger partial charge on any atom is 0.227 e. The number of hydrogen-bond donors (Lipinski definition) is 1. The highest BCUT2D eigenvalue weighted by atomic mass is 35.5. The van der Waals surface area contributed by atoms with E-state index in [9.17, 15) is 9.18 Å². The Hall–Kier alpha value is -1.09. The molecule has 1 aromatic carbocycles. The van der Waals surface area contributed by atoms with Gasteiger partial charge in [-0.25, -0.2) is 4.39 Å². The molecule has 2 nitrogen and oxygen atoms in total. The smallest absolute Gasteiger partial charge is 0.227 e. The van der Waals surface area contributed by atoms with Crippen LogP contribution in [0.25, 0.3) is 0 Å². The van der Waals surface area contributed by atoms with Gasteiger partial charge in [-0.15, -0.1) is 11.6 Å². The highest BCUT2D eigenvalue weighted by Crippen LogP contribution is 2.34. The summed E-state index contributed by atoms with van der Waals surface area (Å²) in [6.07, 6.45) is 0. The van der Waals surface area contributed by atoms with Crippen LogP contribution in [0.15, 0.2) is 24.3 Å².